The average molecular weight is 351 g/mol. The van der Waals surface area contributed by atoms with Gasteiger partial charge < -0.3 is 9.88 Å². The summed E-state index contributed by atoms with van der Waals surface area (Å²) in [5, 5.41) is 5.67. The molecule has 1 aliphatic heterocycles. The van der Waals surface area contributed by atoms with Crippen LogP contribution in [0.4, 0.5) is 5.82 Å². The van der Waals surface area contributed by atoms with E-state index >= 15 is 0 Å². The van der Waals surface area contributed by atoms with E-state index in [0.717, 1.165) is 16.3 Å². The number of nitrogens with one attached hydrogen (secondary N) is 1. The maximum Gasteiger partial charge on any atom is 0.279 e. The van der Waals surface area contributed by atoms with Crippen LogP contribution < -0.4 is 10.9 Å². The van der Waals surface area contributed by atoms with Gasteiger partial charge >= 0.3 is 0 Å². The van der Waals surface area contributed by atoms with Gasteiger partial charge in [0, 0.05) is 19.4 Å². The second-order valence-corrected chi connectivity index (χ2v) is 6.91. The van der Waals surface area contributed by atoms with Crippen LogP contribution in [0.5, 0.6) is 0 Å². The number of thioether (sulfide) groups is 1. The third kappa shape index (κ3) is 2.62. The highest BCUT2D eigenvalue weighted by Gasteiger charge is 2.32. The molecule has 1 aromatic heterocycles. The lowest BCUT2D eigenvalue weighted by atomic mass is 9.86. The molecule has 25 heavy (non-hydrogen) atoms. The normalized spacial score (nSPS) is 16.6. The highest BCUT2D eigenvalue weighted by molar-refractivity contribution is 7.98. The second-order valence-electron chi connectivity index (χ2n) is 6.14. The Morgan fingerprint density at radius 1 is 1.16 bits per heavy atom. The van der Waals surface area contributed by atoms with Crippen LogP contribution in [0.2, 0.25) is 0 Å². The van der Waals surface area contributed by atoms with E-state index < -0.39 is 0 Å². The molecule has 6 heteroatoms. The van der Waals surface area contributed by atoms with Crippen LogP contribution in [0.15, 0.2) is 52.4 Å². The molecule has 0 saturated heterocycles. The number of hydrogen-bond acceptors (Lipinski definition) is 4. The van der Waals surface area contributed by atoms with Crippen molar-refractivity contribution in [3.63, 3.8) is 0 Å². The van der Waals surface area contributed by atoms with Gasteiger partial charge in [0.1, 0.15) is 5.82 Å². The van der Waals surface area contributed by atoms with Crippen molar-refractivity contribution >= 4 is 34.3 Å². The lowest BCUT2D eigenvalue weighted by molar-refractivity contribution is -0.116. The summed E-state index contributed by atoms with van der Waals surface area (Å²) in [6.07, 6.45) is 2.11. The summed E-state index contributed by atoms with van der Waals surface area (Å²) < 4.78 is 1.78. The van der Waals surface area contributed by atoms with E-state index in [2.05, 4.69) is 16.4 Å². The van der Waals surface area contributed by atoms with E-state index in [1.807, 2.05) is 49.7 Å². The zero-order valence-electron chi connectivity index (χ0n) is 13.9. The van der Waals surface area contributed by atoms with Gasteiger partial charge in [-0.25, -0.2) is 0 Å². The molecule has 0 radical (unpaired) electrons. The first-order valence-corrected chi connectivity index (χ1v) is 9.24. The number of aromatic nitrogens is 2. The van der Waals surface area contributed by atoms with Crippen LogP contribution in [-0.2, 0) is 11.8 Å². The van der Waals surface area contributed by atoms with Gasteiger partial charge in [-0.15, -0.1) is 0 Å². The molecule has 3 aromatic rings. The molecule has 0 saturated carbocycles. The zero-order valence-corrected chi connectivity index (χ0v) is 14.8. The van der Waals surface area contributed by atoms with Crippen LogP contribution >= 0.6 is 11.8 Å². The van der Waals surface area contributed by atoms with Crippen LogP contribution in [0, 0.1) is 0 Å². The molecule has 2 aromatic carbocycles. The van der Waals surface area contributed by atoms with Gasteiger partial charge in [0.05, 0.1) is 5.56 Å². The maximum absolute atomic E-state index is 12.7. The van der Waals surface area contributed by atoms with Crippen LogP contribution in [-0.4, -0.2) is 21.7 Å². The third-order valence-corrected chi connectivity index (χ3v) is 5.39. The summed E-state index contributed by atoms with van der Waals surface area (Å²) >= 11 is 1.38. The molecule has 0 aliphatic carbocycles. The molecule has 0 fully saturated rings. The van der Waals surface area contributed by atoms with Gasteiger partial charge in [0.25, 0.3) is 5.56 Å². The molecule has 0 unspecified atom stereocenters. The molecule has 2 heterocycles. The summed E-state index contributed by atoms with van der Waals surface area (Å²) in [6.45, 7) is 0. The quantitative estimate of drug-likeness (QED) is 0.569. The zero-order chi connectivity index (χ0) is 17.6. The number of amides is 1. The molecule has 1 atom stereocenters. The fourth-order valence-electron chi connectivity index (χ4n) is 3.43. The summed E-state index contributed by atoms with van der Waals surface area (Å²) in [7, 11) is 1.82. The van der Waals surface area contributed by atoms with Crippen LogP contribution in [0.1, 0.15) is 23.5 Å². The number of nitrogens with zero attached hydrogens (tertiary/aromatic N) is 2. The van der Waals surface area contributed by atoms with Crippen molar-refractivity contribution in [2.45, 2.75) is 17.5 Å². The van der Waals surface area contributed by atoms with Crippen molar-refractivity contribution in [2.24, 2.45) is 7.05 Å². The second kappa shape index (κ2) is 6.04. The number of benzene rings is 2. The van der Waals surface area contributed by atoms with Crippen LogP contribution in [0.25, 0.3) is 10.8 Å². The Kier molecular flexibility index (Phi) is 3.84. The van der Waals surface area contributed by atoms with Crippen molar-refractivity contribution in [2.75, 3.05) is 11.6 Å². The van der Waals surface area contributed by atoms with Gasteiger partial charge in [-0.3, -0.25) is 9.59 Å². The Hall–Kier alpha value is -2.60. The summed E-state index contributed by atoms with van der Waals surface area (Å²) in [5.74, 6) is 0.188. The largest absolute Gasteiger partial charge is 0.312 e. The minimum absolute atomic E-state index is 0.0843. The van der Waals surface area contributed by atoms with E-state index in [-0.39, 0.29) is 23.8 Å². The third-order valence-electron chi connectivity index (χ3n) is 4.66. The SMILES string of the molecule is CSc1nc(=O)c2c(n1C)NC(=O)C[C@@H]2c1ccc2ccccc2c1. The topological polar surface area (TPSA) is 64.0 Å². The molecule has 126 valence electrons. The van der Waals surface area contributed by atoms with Crippen molar-refractivity contribution in [3.05, 3.63) is 63.9 Å². The number of carbonyl (C=O) groups is 1. The van der Waals surface area contributed by atoms with Crippen molar-refractivity contribution in [1.82, 2.24) is 9.55 Å². The predicted molar refractivity (Wildman–Crippen MR) is 100 cm³/mol. The minimum Gasteiger partial charge on any atom is -0.312 e. The Balaban J connectivity index is 1.93. The number of fused-ring (bicyclic) bond motifs is 2. The lowest BCUT2D eigenvalue weighted by Crippen LogP contribution is -2.33. The Morgan fingerprint density at radius 3 is 2.68 bits per heavy atom. The molecule has 1 aliphatic rings. The average Bonchev–Trinajstić information content (AvgIpc) is 2.63. The highest BCUT2D eigenvalue weighted by Crippen LogP contribution is 2.36. The van der Waals surface area contributed by atoms with Gasteiger partial charge in [0.15, 0.2) is 5.16 Å². The van der Waals surface area contributed by atoms with E-state index in [4.69, 9.17) is 0 Å². The number of rotatable bonds is 2. The van der Waals surface area contributed by atoms with Crippen LogP contribution in [0.3, 0.4) is 0 Å². The van der Waals surface area contributed by atoms with E-state index in [1.54, 1.807) is 4.57 Å². The predicted octanol–water partition coefficient (Wildman–Crippen LogP) is 3.13. The first kappa shape index (κ1) is 15.9. The fourth-order valence-corrected chi connectivity index (χ4v) is 3.97. The highest BCUT2D eigenvalue weighted by atomic mass is 32.2. The molecule has 0 spiro atoms. The van der Waals surface area contributed by atoms with Crippen molar-refractivity contribution in [1.29, 1.82) is 0 Å². The van der Waals surface area contributed by atoms with Crippen molar-refractivity contribution in [3.8, 4) is 0 Å². The van der Waals surface area contributed by atoms with Gasteiger partial charge in [0.2, 0.25) is 5.91 Å². The smallest absolute Gasteiger partial charge is 0.279 e. The minimum atomic E-state index is -0.282. The lowest BCUT2D eigenvalue weighted by Gasteiger charge is -2.27. The monoisotopic (exact) mass is 351 g/mol. The molecule has 1 amide bonds. The van der Waals surface area contributed by atoms with Crippen molar-refractivity contribution < 1.29 is 4.79 Å². The first-order valence-electron chi connectivity index (χ1n) is 8.02. The van der Waals surface area contributed by atoms with Gasteiger partial charge in [-0.05, 0) is 22.6 Å². The summed E-state index contributed by atoms with van der Waals surface area (Å²) in [4.78, 5) is 29.1. The maximum atomic E-state index is 12.7. The number of carbonyl (C=O) groups excluding carboxylic acids is 1. The molecule has 0 bridgehead atoms. The molecule has 1 N–H and O–H groups in total. The molecule has 5 nitrogen and oxygen atoms in total. The Morgan fingerprint density at radius 2 is 1.92 bits per heavy atom. The molecular weight excluding hydrogens is 334 g/mol. The summed E-state index contributed by atoms with van der Waals surface area (Å²) in [6, 6.07) is 14.2. The standard InChI is InChI=1S/C19H17N3O2S/c1-22-17-16(18(24)21-19(22)25-2)14(10-15(23)20-17)13-8-7-11-5-3-4-6-12(11)9-13/h3-9,14H,10H2,1-2H3,(H,20,23)/t14-/m1/s1. The van der Waals surface area contributed by atoms with E-state index in [1.165, 1.54) is 11.8 Å². The Labute approximate surface area is 149 Å². The summed E-state index contributed by atoms with van der Waals surface area (Å²) in [5.41, 5.74) is 1.26. The number of hydrogen-bond donors (Lipinski definition) is 1. The van der Waals surface area contributed by atoms with E-state index in [0.29, 0.717) is 16.5 Å². The first-order chi connectivity index (χ1) is 12.1. The molecule has 4 rings (SSSR count). The Bertz CT molecular complexity index is 1060. The molecular formula is C19H17N3O2S. The number of anilines is 1. The van der Waals surface area contributed by atoms with Gasteiger partial charge in [-0.2, -0.15) is 4.98 Å². The van der Waals surface area contributed by atoms with E-state index in [9.17, 15) is 9.59 Å². The fraction of sp³-hybridized carbons (Fsp3) is 0.211. The van der Waals surface area contributed by atoms with Gasteiger partial charge in [-0.1, -0.05) is 54.2 Å².